The smallest absolute Gasteiger partial charge is 0.260 e. The van der Waals surface area contributed by atoms with Crippen molar-refractivity contribution in [1.82, 2.24) is 20.0 Å². The molecule has 0 radical (unpaired) electrons. The number of carbonyl (C=O) groups excluding carboxylic acids is 1. The van der Waals surface area contributed by atoms with Gasteiger partial charge in [-0.2, -0.15) is 4.98 Å². The summed E-state index contributed by atoms with van der Waals surface area (Å²) in [6.45, 7) is 2.90. The van der Waals surface area contributed by atoms with E-state index in [4.69, 9.17) is 9.26 Å². The van der Waals surface area contributed by atoms with Gasteiger partial charge in [0.1, 0.15) is 5.75 Å². The van der Waals surface area contributed by atoms with E-state index >= 15 is 0 Å². The Morgan fingerprint density at radius 1 is 1.30 bits per heavy atom. The minimum Gasteiger partial charge on any atom is -0.484 e. The second-order valence-electron chi connectivity index (χ2n) is 6.42. The SMILES string of the molecule is Cc1ccccc1OCC(=O)N1CC(c2nc(-c3ccc[nH]c3=O)no2)C1. The number of H-pyrrole nitrogens is 1. The summed E-state index contributed by atoms with van der Waals surface area (Å²) in [6, 6.07) is 10.9. The minimum absolute atomic E-state index is 0.00789. The van der Waals surface area contributed by atoms with Gasteiger partial charge in [0.15, 0.2) is 6.61 Å². The minimum atomic E-state index is -0.274. The Kier molecular flexibility index (Phi) is 4.45. The Morgan fingerprint density at radius 3 is 2.89 bits per heavy atom. The first kappa shape index (κ1) is 17.0. The lowest BCUT2D eigenvalue weighted by Gasteiger charge is -2.36. The summed E-state index contributed by atoms with van der Waals surface area (Å²) >= 11 is 0. The van der Waals surface area contributed by atoms with Gasteiger partial charge in [-0.25, -0.2) is 0 Å². The predicted molar refractivity (Wildman–Crippen MR) is 96.3 cm³/mol. The average Bonchev–Trinajstić information content (AvgIpc) is 3.09. The van der Waals surface area contributed by atoms with Crippen molar-refractivity contribution in [2.45, 2.75) is 12.8 Å². The molecule has 0 unspecified atom stereocenters. The number of hydrogen-bond donors (Lipinski definition) is 1. The Hall–Kier alpha value is -3.42. The third-order valence-corrected chi connectivity index (χ3v) is 4.53. The fourth-order valence-corrected chi connectivity index (χ4v) is 2.90. The maximum atomic E-state index is 12.2. The number of amides is 1. The van der Waals surface area contributed by atoms with Crippen molar-refractivity contribution in [3.8, 4) is 17.1 Å². The second-order valence-corrected chi connectivity index (χ2v) is 6.42. The van der Waals surface area contributed by atoms with Gasteiger partial charge in [-0.15, -0.1) is 0 Å². The summed E-state index contributed by atoms with van der Waals surface area (Å²) in [5.41, 5.74) is 1.07. The molecule has 1 aliphatic rings. The predicted octanol–water partition coefficient (Wildman–Crippen LogP) is 1.74. The molecule has 2 aromatic heterocycles. The van der Waals surface area contributed by atoms with Crippen LogP contribution >= 0.6 is 0 Å². The molecule has 1 aliphatic heterocycles. The van der Waals surface area contributed by atoms with Gasteiger partial charge < -0.3 is 19.1 Å². The van der Waals surface area contributed by atoms with Crippen molar-refractivity contribution < 1.29 is 14.1 Å². The zero-order valence-corrected chi connectivity index (χ0v) is 14.7. The lowest BCUT2D eigenvalue weighted by molar-refractivity contribution is -0.138. The highest BCUT2D eigenvalue weighted by Gasteiger charge is 2.35. The van der Waals surface area contributed by atoms with Crippen LogP contribution in [0.15, 0.2) is 51.9 Å². The number of carbonyl (C=O) groups is 1. The topological polar surface area (TPSA) is 101 Å². The van der Waals surface area contributed by atoms with Crippen LogP contribution in [-0.2, 0) is 4.79 Å². The summed E-state index contributed by atoms with van der Waals surface area (Å²) in [7, 11) is 0. The van der Waals surface area contributed by atoms with E-state index in [0.717, 1.165) is 5.56 Å². The zero-order valence-electron chi connectivity index (χ0n) is 14.7. The molecule has 8 heteroatoms. The van der Waals surface area contributed by atoms with Crippen LogP contribution in [0.25, 0.3) is 11.4 Å². The number of ether oxygens (including phenoxy) is 1. The van der Waals surface area contributed by atoms with E-state index < -0.39 is 0 Å². The number of hydrogen-bond acceptors (Lipinski definition) is 6. The molecule has 0 atom stereocenters. The van der Waals surface area contributed by atoms with Crippen LogP contribution in [-0.4, -0.2) is 45.6 Å². The Labute approximate surface area is 154 Å². The molecule has 8 nitrogen and oxygen atoms in total. The van der Waals surface area contributed by atoms with E-state index in [-0.39, 0.29) is 29.8 Å². The first-order valence-electron chi connectivity index (χ1n) is 8.59. The van der Waals surface area contributed by atoms with E-state index in [1.165, 1.54) is 0 Å². The number of aryl methyl sites for hydroxylation is 1. The quantitative estimate of drug-likeness (QED) is 0.738. The van der Waals surface area contributed by atoms with Gasteiger partial charge in [-0.3, -0.25) is 9.59 Å². The Bertz CT molecular complexity index is 1020. The molecule has 1 saturated heterocycles. The molecule has 1 amide bonds. The summed E-state index contributed by atoms with van der Waals surface area (Å²) < 4.78 is 10.9. The summed E-state index contributed by atoms with van der Waals surface area (Å²) in [4.78, 5) is 32.6. The van der Waals surface area contributed by atoms with Crippen LogP contribution < -0.4 is 10.3 Å². The molecule has 1 aromatic carbocycles. The maximum absolute atomic E-state index is 12.2. The first-order valence-corrected chi connectivity index (χ1v) is 8.59. The van der Waals surface area contributed by atoms with E-state index in [2.05, 4.69) is 15.1 Å². The van der Waals surface area contributed by atoms with Crippen molar-refractivity contribution >= 4 is 5.91 Å². The number of para-hydroxylation sites is 1. The molecule has 0 bridgehead atoms. The fourth-order valence-electron chi connectivity index (χ4n) is 2.90. The van der Waals surface area contributed by atoms with Gasteiger partial charge in [-0.05, 0) is 30.7 Å². The Balaban J connectivity index is 1.33. The lowest BCUT2D eigenvalue weighted by atomic mass is 10.0. The van der Waals surface area contributed by atoms with Gasteiger partial charge in [0.2, 0.25) is 11.7 Å². The number of rotatable bonds is 5. The molecule has 138 valence electrons. The van der Waals surface area contributed by atoms with Crippen LogP contribution in [0.5, 0.6) is 5.75 Å². The van der Waals surface area contributed by atoms with E-state index in [0.29, 0.717) is 30.3 Å². The maximum Gasteiger partial charge on any atom is 0.260 e. The van der Waals surface area contributed by atoms with Crippen LogP contribution in [0.3, 0.4) is 0 Å². The van der Waals surface area contributed by atoms with Crippen LogP contribution in [0.1, 0.15) is 17.4 Å². The van der Waals surface area contributed by atoms with Crippen molar-refractivity contribution in [1.29, 1.82) is 0 Å². The number of aromatic amines is 1. The summed E-state index contributed by atoms with van der Waals surface area (Å²) in [5, 5.41) is 3.87. The number of likely N-dealkylation sites (tertiary alicyclic amines) is 1. The van der Waals surface area contributed by atoms with E-state index in [1.54, 1.807) is 23.2 Å². The van der Waals surface area contributed by atoms with Gasteiger partial charge in [0.25, 0.3) is 11.5 Å². The zero-order chi connectivity index (χ0) is 18.8. The van der Waals surface area contributed by atoms with Gasteiger partial charge in [0, 0.05) is 19.3 Å². The van der Waals surface area contributed by atoms with Crippen molar-refractivity contribution in [3.63, 3.8) is 0 Å². The van der Waals surface area contributed by atoms with Gasteiger partial charge >= 0.3 is 0 Å². The second kappa shape index (κ2) is 7.06. The standard InChI is InChI=1S/C19H18N4O4/c1-12-5-2-3-7-15(12)26-11-16(24)23-9-13(10-23)19-21-17(22-27-19)14-6-4-8-20-18(14)25/h2-8,13H,9-11H2,1H3,(H,20,25). The van der Waals surface area contributed by atoms with E-state index in [9.17, 15) is 9.59 Å². The molecule has 1 fully saturated rings. The molecular weight excluding hydrogens is 348 g/mol. The third kappa shape index (κ3) is 3.46. The van der Waals surface area contributed by atoms with Gasteiger partial charge in [-0.1, -0.05) is 23.4 Å². The number of pyridine rings is 1. The van der Waals surface area contributed by atoms with Crippen molar-refractivity contribution in [2.24, 2.45) is 0 Å². The molecule has 3 heterocycles. The first-order chi connectivity index (χ1) is 13.1. The molecule has 0 aliphatic carbocycles. The largest absolute Gasteiger partial charge is 0.484 e. The highest BCUT2D eigenvalue weighted by Crippen LogP contribution is 2.27. The molecule has 1 N–H and O–H groups in total. The van der Waals surface area contributed by atoms with Crippen LogP contribution in [0.4, 0.5) is 0 Å². The lowest BCUT2D eigenvalue weighted by Crippen LogP contribution is -2.50. The number of benzene rings is 1. The summed E-state index contributed by atoms with van der Waals surface area (Å²) in [5.74, 6) is 1.26. The monoisotopic (exact) mass is 366 g/mol. The van der Waals surface area contributed by atoms with Gasteiger partial charge in [0.05, 0.1) is 11.5 Å². The Morgan fingerprint density at radius 2 is 2.11 bits per heavy atom. The number of nitrogens with zero attached hydrogens (tertiary/aromatic N) is 3. The van der Waals surface area contributed by atoms with Crippen molar-refractivity contribution in [3.05, 3.63) is 64.4 Å². The molecule has 0 saturated carbocycles. The molecule has 4 rings (SSSR count). The normalized spacial score (nSPS) is 14.0. The molecule has 0 spiro atoms. The highest BCUT2D eigenvalue weighted by molar-refractivity contribution is 5.78. The van der Waals surface area contributed by atoms with E-state index in [1.807, 2.05) is 31.2 Å². The summed E-state index contributed by atoms with van der Waals surface area (Å²) in [6.07, 6.45) is 1.54. The average molecular weight is 366 g/mol. The molecule has 3 aromatic rings. The highest BCUT2D eigenvalue weighted by atomic mass is 16.5. The number of aromatic nitrogens is 3. The third-order valence-electron chi connectivity index (χ3n) is 4.53. The number of nitrogens with one attached hydrogen (secondary N) is 1. The molecular formula is C19H18N4O4. The fraction of sp³-hybridized carbons (Fsp3) is 0.263. The van der Waals surface area contributed by atoms with Crippen LogP contribution in [0, 0.1) is 6.92 Å². The molecule has 27 heavy (non-hydrogen) atoms. The van der Waals surface area contributed by atoms with Crippen LogP contribution in [0.2, 0.25) is 0 Å². The van der Waals surface area contributed by atoms with Crippen molar-refractivity contribution in [2.75, 3.05) is 19.7 Å².